The molecule has 1 aliphatic heterocycles. The molecule has 2 N–H and O–H groups in total. The van der Waals surface area contributed by atoms with Crippen LogP contribution in [-0.4, -0.2) is 28.3 Å². The number of ether oxygens (including phenoxy) is 2. The Morgan fingerprint density at radius 2 is 1.73 bits per heavy atom. The molecule has 1 amide bonds. The zero-order valence-corrected chi connectivity index (χ0v) is 14.1. The third-order valence-corrected chi connectivity index (χ3v) is 4.31. The normalized spacial score (nSPS) is 18.5. The van der Waals surface area contributed by atoms with Gasteiger partial charge < -0.3 is 14.8 Å². The summed E-state index contributed by atoms with van der Waals surface area (Å²) in [6.07, 6.45) is -1.19. The Bertz CT molecular complexity index is 1030. The van der Waals surface area contributed by atoms with Crippen molar-refractivity contribution >= 4 is 16.7 Å². The van der Waals surface area contributed by atoms with Gasteiger partial charge in [-0.05, 0) is 25.1 Å². The highest BCUT2D eigenvalue weighted by molar-refractivity contribution is 5.85. The number of para-hydroxylation sites is 2. The van der Waals surface area contributed by atoms with E-state index in [4.69, 9.17) is 9.47 Å². The number of hydrogen-bond acceptors (Lipinski definition) is 5. The summed E-state index contributed by atoms with van der Waals surface area (Å²) in [5.41, 5.74) is 0.322. The second-order valence-electron chi connectivity index (χ2n) is 6.07. The number of nitrogens with one attached hydrogen (secondary N) is 2. The lowest BCUT2D eigenvalue weighted by atomic mass is 10.1. The number of H-pyrrole nitrogens is 1. The maximum absolute atomic E-state index is 12.6. The first kappa shape index (κ1) is 16.1. The van der Waals surface area contributed by atoms with E-state index in [1.54, 1.807) is 37.3 Å². The first-order valence-electron chi connectivity index (χ1n) is 8.30. The van der Waals surface area contributed by atoms with Gasteiger partial charge in [0, 0.05) is 5.39 Å². The molecule has 0 aliphatic carbocycles. The Morgan fingerprint density at radius 1 is 1.08 bits per heavy atom. The van der Waals surface area contributed by atoms with Crippen LogP contribution in [0.1, 0.15) is 12.6 Å². The molecule has 0 bridgehead atoms. The van der Waals surface area contributed by atoms with Crippen LogP contribution >= 0.6 is 0 Å². The van der Waals surface area contributed by atoms with Gasteiger partial charge in [0.05, 0.1) is 17.6 Å². The molecule has 2 aromatic carbocycles. The summed E-state index contributed by atoms with van der Waals surface area (Å²) in [6, 6.07) is 14.4. The molecule has 2 atom stereocenters. The van der Waals surface area contributed by atoms with E-state index < -0.39 is 12.2 Å². The number of benzene rings is 2. The van der Waals surface area contributed by atoms with Gasteiger partial charge in [0.1, 0.15) is 6.10 Å². The molecular formula is C19H17N3O4. The molecule has 0 fully saturated rings. The maximum atomic E-state index is 12.6. The Morgan fingerprint density at radius 3 is 2.50 bits per heavy atom. The summed E-state index contributed by atoms with van der Waals surface area (Å²) in [5.74, 6) is 0.861. The van der Waals surface area contributed by atoms with E-state index in [1.165, 1.54) is 0 Å². The van der Waals surface area contributed by atoms with Gasteiger partial charge in [-0.25, -0.2) is 5.10 Å². The predicted molar refractivity (Wildman–Crippen MR) is 95.2 cm³/mol. The quantitative estimate of drug-likeness (QED) is 0.750. The van der Waals surface area contributed by atoms with Crippen molar-refractivity contribution in [1.29, 1.82) is 0 Å². The van der Waals surface area contributed by atoms with Gasteiger partial charge in [0.15, 0.2) is 11.5 Å². The summed E-state index contributed by atoms with van der Waals surface area (Å²) in [5, 5.41) is 10.6. The monoisotopic (exact) mass is 351 g/mol. The van der Waals surface area contributed by atoms with Crippen molar-refractivity contribution < 1.29 is 14.3 Å². The van der Waals surface area contributed by atoms with Gasteiger partial charge in [0.25, 0.3) is 11.5 Å². The summed E-state index contributed by atoms with van der Waals surface area (Å²) in [6.45, 7) is 1.96. The van der Waals surface area contributed by atoms with Crippen LogP contribution in [0.25, 0.3) is 10.8 Å². The first-order valence-corrected chi connectivity index (χ1v) is 8.30. The van der Waals surface area contributed by atoms with Crippen molar-refractivity contribution in [2.24, 2.45) is 0 Å². The van der Waals surface area contributed by atoms with Crippen LogP contribution in [0.5, 0.6) is 11.5 Å². The van der Waals surface area contributed by atoms with Crippen molar-refractivity contribution in [3.63, 3.8) is 0 Å². The van der Waals surface area contributed by atoms with Gasteiger partial charge in [0.2, 0.25) is 6.10 Å². The topological polar surface area (TPSA) is 93.3 Å². The Hall–Kier alpha value is -3.35. The van der Waals surface area contributed by atoms with Crippen LogP contribution in [-0.2, 0) is 11.3 Å². The number of carbonyl (C=O) groups excluding carboxylic acids is 1. The molecule has 132 valence electrons. The number of aromatic amines is 1. The average molecular weight is 351 g/mol. The van der Waals surface area contributed by atoms with Crippen molar-refractivity contribution in [3.8, 4) is 11.5 Å². The smallest absolute Gasteiger partial charge is 0.272 e. The minimum Gasteiger partial charge on any atom is -0.482 e. The van der Waals surface area contributed by atoms with Crippen LogP contribution in [0.15, 0.2) is 53.3 Å². The van der Waals surface area contributed by atoms with Crippen LogP contribution in [0, 0.1) is 0 Å². The minimum absolute atomic E-state index is 0.171. The van der Waals surface area contributed by atoms with Crippen LogP contribution in [0.3, 0.4) is 0 Å². The summed E-state index contributed by atoms with van der Waals surface area (Å²) < 4.78 is 11.5. The van der Waals surface area contributed by atoms with Gasteiger partial charge in [-0.2, -0.15) is 5.10 Å². The molecule has 3 aromatic rings. The number of rotatable bonds is 3. The van der Waals surface area contributed by atoms with Gasteiger partial charge in [-0.3, -0.25) is 9.59 Å². The van der Waals surface area contributed by atoms with E-state index in [9.17, 15) is 9.59 Å². The standard InChI is InChI=1S/C19H17N3O4/c1-11-17(26-16-9-5-4-8-15(16)25-11)19(24)20-10-14-12-6-2-3-7-13(12)18(23)22-21-14/h2-9,11,17H,10H2,1H3,(H,20,24)(H,22,23). The van der Waals surface area contributed by atoms with Crippen LogP contribution in [0.4, 0.5) is 0 Å². The Balaban J connectivity index is 1.51. The second kappa shape index (κ2) is 6.51. The molecule has 0 spiro atoms. The van der Waals surface area contributed by atoms with Gasteiger partial charge >= 0.3 is 0 Å². The zero-order valence-electron chi connectivity index (χ0n) is 14.1. The SMILES string of the molecule is CC1Oc2ccccc2OC1C(=O)NCc1n[nH]c(=O)c2ccccc12. The first-order chi connectivity index (χ1) is 12.6. The van der Waals surface area contributed by atoms with E-state index in [0.717, 1.165) is 0 Å². The van der Waals surface area contributed by atoms with E-state index >= 15 is 0 Å². The molecule has 4 rings (SSSR count). The molecule has 2 heterocycles. The summed E-state index contributed by atoms with van der Waals surface area (Å²) in [7, 11) is 0. The lowest BCUT2D eigenvalue weighted by Gasteiger charge is -2.31. The average Bonchev–Trinajstić information content (AvgIpc) is 2.67. The fourth-order valence-corrected chi connectivity index (χ4v) is 2.98. The van der Waals surface area contributed by atoms with E-state index in [2.05, 4.69) is 15.5 Å². The van der Waals surface area contributed by atoms with Crippen molar-refractivity contribution in [3.05, 3.63) is 64.6 Å². The molecule has 1 aromatic heterocycles. The van der Waals surface area contributed by atoms with Crippen molar-refractivity contribution in [2.75, 3.05) is 0 Å². The highest BCUT2D eigenvalue weighted by Gasteiger charge is 2.33. The van der Waals surface area contributed by atoms with Crippen LogP contribution in [0.2, 0.25) is 0 Å². The van der Waals surface area contributed by atoms with Crippen LogP contribution < -0.4 is 20.3 Å². The predicted octanol–water partition coefficient (Wildman–Crippen LogP) is 1.77. The molecule has 1 aliphatic rings. The van der Waals surface area contributed by atoms with Gasteiger partial charge in [-0.15, -0.1) is 0 Å². The molecule has 0 saturated carbocycles. The third-order valence-electron chi connectivity index (χ3n) is 4.31. The molecule has 2 unspecified atom stereocenters. The summed E-state index contributed by atoms with van der Waals surface area (Å²) in [4.78, 5) is 24.4. The summed E-state index contributed by atoms with van der Waals surface area (Å²) >= 11 is 0. The van der Waals surface area contributed by atoms with E-state index in [0.29, 0.717) is 28.0 Å². The Kier molecular flexibility index (Phi) is 4.04. The Labute approximate surface area is 148 Å². The largest absolute Gasteiger partial charge is 0.482 e. The number of hydrogen-bond donors (Lipinski definition) is 2. The molecule has 26 heavy (non-hydrogen) atoms. The highest BCUT2D eigenvalue weighted by Crippen LogP contribution is 2.33. The number of amides is 1. The fourth-order valence-electron chi connectivity index (χ4n) is 2.98. The maximum Gasteiger partial charge on any atom is 0.272 e. The van der Waals surface area contributed by atoms with Crippen molar-refractivity contribution in [1.82, 2.24) is 15.5 Å². The van der Waals surface area contributed by atoms with E-state index in [1.807, 2.05) is 18.2 Å². The molecular weight excluding hydrogens is 334 g/mol. The number of nitrogens with zero attached hydrogens (tertiary/aromatic N) is 1. The highest BCUT2D eigenvalue weighted by atomic mass is 16.6. The number of fused-ring (bicyclic) bond motifs is 2. The molecule has 7 nitrogen and oxygen atoms in total. The molecule has 7 heteroatoms. The fraction of sp³-hybridized carbons (Fsp3) is 0.211. The zero-order chi connectivity index (χ0) is 18.1. The lowest BCUT2D eigenvalue weighted by Crippen LogP contribution is -2.48. The third kappa shape index (κ3) is 2.88. The molecule has 0 saturated heterocycles. The van der Waals surface area contributed by atoms with Crippen molar-refractivity contribution in [2.45, 2.75) is 25.7 Å². The minimum atomic E-state index is -0.765. The van der Waals surface area contributed by atoms with Gasteiger partial charge in [-0.1, -0.05) is 30.3 Å². The number of aromatic nitrogens is 2. The molecule has 0 radical (unpaired) electrons. The van der Waals surface area contributed by atoms with E-state index in [-0.39, 0.29) is 18.0 Å². The lowest BCUT2D eigenvalue weighted by molar-refractivity contribution is -0.133. The number of carbonyl (C=O) groups is 1. The second-order valence-corrected chi connectivity index (χ2v) is 6.07.